The summed E-state index contributed by atoms with van der Waals surface area (Å²) in [4.78, 5) is 36.8. The van der Waals surface area contributed by atoms with E-state index in [1.165, 1.54) is 12.1 Å². The van der Waals surface area contributed by atoms with Crippen LogP contribution >= 0.6 is 0 Å². The van der Waals surface area contributed by atoms with Gasteiger partial charge in [-0.3, -0.25) is 14.9 Å². The van der Waals surface area contributed by atoms with E-state index in [0.717, 1.165) is 31.7 Å². The third kappa shape index (κ3) is 6.21. The molecule has 2 rings (SSSR count). The van der Waals surface area contributed by atoms with E-state index < -0.39 is 10.9 Å². The SMILES string of the molecule is COCCNc1ccc([N+](=O)[O-])cc1C(=O)OCC(=O)N1CCCCCC1. The van der Waals surface area contributed by atoms with Crippen LogP contribution in [0.4, 0.5) is 11.4 Å². The lowest BCUT2D eigenvalue weighted by atomic mass is 10.1. The first kappa shape index (κ1) is 20.6. The molecule has 1 aromatic rings. The molecule has 0 radical (unpaired) electrons. The molecule has 0 unspecified atom stereocenters. The van der Waals surface area contributed by atoms with Crippen LogP contribution < -0.4 is 5.32 Å². The van der Waals surface area contributed by atoms with Crippen LogP contribution in [0.25, 0.3) is 0 Å². The highest BCUT2D eigenvalue weighted by Crippen LogP contribution is 2.23. The van der Waals surface area contributed by atoms with E-state index in [1.54, 1.807) is 12.0 Å². The Morgan fingerprint density at radius 2 is 1.93 bits per heavy atom. The second kappa shape index (κ2) is 10.5. The predicted molar refractivity (Wildman–Crippen MR) is 98.8 cm³/mol. The van der Waals surface area contributed by atoms with Crippen LogP contribution in [-0.2, 0) is 14.3 Å². The molecule has 0 aromatic heterocycles. The zero-order valence-electron chi connectivity index (χ0n) is 15.4. The summed E-state index contributed by atoms with van der Waals surface area (Å²) in [5.41, 5.74) is 0.187. The van der Waals surface area contributed by atoms with Gasteiger partial charge in [-0.2, -0.15) is 0 Å². The molecule has 0 saturated carbocycles. The van der Waals surface area contributed by atoms with Crippen molar-refractivity contribution in [2.45, 2.75) is 25.7 Å². The second-order valence-corrected chi connectivity index (χ2v) is 6.28. The molecule has 9 nitrogen and oxygen atoms in total. The molecule has 1 aliphatic heterocycles. The van der Waals surface area contributed by atoms with E-state index in [2.05, 4.69) is 5.32 Å². The lowest BCUT2D eigenvalue weighted by Gasteiger charge is -2.20. The van der Waals surface area contributed by atoms with Crippen LogP contribution in [0.1, 0.15) is 36.0 Å². The summed E-state index contributed by atoms with van der Waals surface area (Å²) in [5.74, 6) is -1.02. The molecule has 9 heteroatoms. The standard InChI is InChI=1S/C18H25N3O6/c1-26-11-8-19-16-7-6-14(21(24)25)12-15(16)18(23)27-13-17(22)20-9-4-2-3-5-10-20/h6-7,12,19H,2-5,8-11,13H2,1H3. The van der Waals surface area contributed by atoms with E-state index in [4.69, 9.17) is 9.47 Å². The summed E-state index contributed by atoms with van der Waals surface area (Å²) >= 11 is 0. The summed E-state index contributed by atoms with van der Waals surface area (Å²) in [6.07, 6.45) is 4.07. The lowest BCUT2D eigenvalue weighted by Crippen LogP contribution is -2.35. The number of hydrogen-bond acceptors (Lipinski definition) is 7. The molecule has 1 aromatic carbocycles. The maximum atomic E-state index is 12.4. The summed E-state index contributed by atoms with van der Waals surface area (Å²) in [7, 11) is 1.54. The van der Waals surface area contributed by atoms with Crippen LogP contribution in [0.5, 0.6) is 0 Å². The van der Waals surface area contributed by atoms with Gasteiger partial charge >= 0.3 is 5.97 Å². The average molecular weight is 379 g/mol. The molecule has 27 heavy (non-hydrogen) atoms. The zero-order chi connectivity index (χ0) is 19.6. The number of amides is 1. The van der Waals surface area contributed by atoms with Gasteiger partial charge in [-0.25, -0.2) is 4.79 Å². The summed E-state index contributed by atoms with van der Waals surface area (Å²) in [6.45, 7) is 1.77. The van der Waals surface area contributed by atoms with E-state index >= 15 is 0 Å². The van der Waals surface area contributed by atoms with Crippen molar-refractivity contribution >= 4 is 23.3 Å². The van der Waals surface area contributed by atoms with Crippen molar-refractivity contribution < 1.29 is 24.0 Å². The van der Waals surface area contributed by atoms with E-state index in [0.29, 0.717) is 31.9 Å². The topological polar surface area (TPSA) is 111 Å². The highest BCUT2D eigenvalue weighted by atomic mass is 16.6. The minimum Gasteiger partial charge on any atom is -0.452 e. The molecule has 0 bridgehead atoms. The number of ether oxygens (including phenoxy) is 2. The molecule has 1 aliphatic rings. The van der Waals surface area contributed by atoms with Gasteiger partial charge in [0.25, 0.3) is 11.6 Å². The first-order valence-electron chi connectivity index (χ1n) is 8.99. The van der Waals surface area contributed by atoms with Crippen LogP contribution in [0.2, 0.25) is 0 Å². The molecule has 1 amide bonds. The molecular formula is C18H25N3O6. The van der Waals surface area contributed by atoms with Crippen molar-refractivity contribution in [2.75, 3.05) is 45.3 Å². The van der Waals surface area contributed by atoms with Crippen LogP contribution in [-0.4, -0.2) is 61.7 Å². The molecule has 0 spiro atoms. The quantitative estimate of drug-likeness (QED) is 0.319. The number of anilines is 1. The molecule has 1 fully saturated rings. The number of nitrogens with zero attached hydrogens (tertiary/aromatic N) is 2. The Morgan fingerprint density at radius 3 is 2.56 bits per heavy atom. The number of nitro groups is 1. The summed E-state index contributed by atoms with van der Waals surface area (Å²) in [5, 5.41) is 14.0. The maximum Gasteiger partial charge on any atom is 0.341 e. The lowest BCUT2D eigenvalue weighted by molar-refractivity contribution is -0.384. The van der Waals surface area contributed by atoms with E-state index in [9.17, 15) is 19.7 Å². The van der Waals surface area contributed by atoms with Crippen LogP contribution in [0, 0.1) is 10.1 Å². The number of esters is 1. The molecule has 1 saturated heterocycles. The van der Waals surface area contributed by atoms with Gasteiger partial charge in [-0.15, -0.1) is 0 Å². The molecular weight excluding hydrogens is 354 g/mol. The van der Waals surface area contributed by atoms with Crippen molar-refractivity contribution in [1.82, 2.24) is 4.90 Å². The molecule has 0 aliphatic carbocycles. The van der Waals surface area contributed by atoms with Crippen molar-refractivity contribution in [2.24, 2.45) is 0 Å². The largest absolute Gasteiger partial charge is 0.452 e. The fraction of sp³-hybridized carbons (Fsp3) is 0.556. The Bertz CT molecular complexity index is 671. The zero-order valence-corrected chi connectivity index (χ0v) is 15.4. The minimum atomic E-state index is -0.776. The Labute approximate surface area is 157 Å². The number of benzene rings is 1. The number of carbonyl (C=O) groups is 2. The number of carbonyl (C=O) groups excluding carboxylic acids is 2. The van der Waals surface area contributed by atoms with Gasteiger partial charge in [0.15, 0.2) is 6.61 Å². The normalized spacial score (nSPS) is 14.3. The number of methoxy groups -OCH3 is 1. The predicted octanol–water partition coefficient (Wildman–Crippen LogP) is 2.21. The number of likely N-dealkylation sites (tertiary alicyclic amines) is 1. The number of non-ortho nitro benzene ring substituents is 1. The summed E-state index contributed by atoms with van der Waals surface area (Å²) < 4.78 is 10.1. The molecule has 1 N–H and O–H groups in total. The third-order valence-electron chi connectivity index (χ3n) is 4.34. The van der Waals surface area contributed by atoms with E-state index in [1.807, 2.05) is 0 Å². The fourth-order valence-corrected chi connectivity index (χ4v) is 2.87. The maximum absolute atomic E-state index is 12.4. The van der Waals surface area contributed by atoms with Crippen molar-refractivity contribution in [1.29, 1.82) is 0 Å². The Morgan fingerprint density at radius 1 is 1.22 bits per heavy atom. The number of hydrogen-bond donors (Lipinski definition) is 1. The van der Waals surface area contributed by atoms with Crippen molar-refractivity contribution in [3.63, 3.8) is 0 Å². The van der Waals surface area contributed by atoms with E-state index in [-0.39, 0.29) is 23.8 Å². The Kier molecular flexibility index (Phi) is 8.00. The number of rotatable bonds is 8. The van der Waals surface area contributed by atoms with Gasteiger partial charge in [0.05, 0.1) is 17.1 Å². The van der Waals surface area contributed by atoms with Gasteiger partial charge < -0.3 is 19.7 Å². The van der Waals surface area contributed by atoms with Gasteiger partial charge in [-0.1, -0.05) is 12.8 Å². The minimum absolute atomic E-state index is 0.0176. The van der Waals surface area contributed by atoms with Gasteiger partial charge in [0.2, 0.25) is 0 Å². The van der Waals surface area contributed by atoms with Crippen LogP contribution in [0.15, 0.2) is 18.2 Å². The smallest absolute Gasteiger partial charge is 0.341 e. The average Bonchev–Trinajstić information content (AvgIpc) is 2.95. The second-order valence-electron chi connectivity index (χ2n) is 6.28. The fourth-order valence-electron chi connectivity index (χ4n) is 2.87. The van der Waals surface area contributed by atoms with Gasteiger partial charge in [-0.05, 0) is 18.9 Å². The van der Waals surface area contributed by atoms with Crippen molar-refractivity contribution in [3.05, 3.63) is 33.9 Å². The summed E-state index contributed by atoms with van der Waals surface area (Å²) in [6, 6.07) is 3.89. The Hall–Kier alpha value is -2.68. The van der Waals surface area contributed by atoms with Crippen molar-refractivity contribution in [3.8, 4) is 0 Å². The molecule has 1 heterocycles. The number of nitrogens with one attached hydrogen (secondary N) is 1. The molecule has 148 valence electrons. The van der Waals surface area contributed by atoms with Gasteiger partial charge in [0, 0.05) is 44.6 Å². The first-order chi connectivity index (χ1) is 13.0. The Balaban J connectivity index is 2.04. The highest BCUT2D eigenvalue weighted by Gasteiger charge is 2.21. The highest BCUT2D eigenvalue weighted by molar-refractivity contribution is 5.97. The third-order valence-corrected chi connectivity index (χ3v) is 4.34. The van der Waals surface area contributed by atoms with Crippen LogP contribution in [0.3, 0.4) is 0 Å². The molecule has 0 atom stereocenters. The van der Waals surface area contributed by atoms with Gasteiger partial charge in [0.1, 0.15) is 0 Å². The monoisotopic (exact) mass is 379 g/mol. The first-order valence-corrected chi connectivity index (χ1v) is 8.99. The number of nitro benzene ring substituents is 1.